The number of hydroxylamine groups is 1. The second-order valence-corrected chi connectivity index (χ2v) is 4.93. The minimum absolute atomic E-state index is 0.0788. The number of allylic oxidation sites excluding steroid dienone is 2. The Labute approximate surface area is 119 Å². The number of carbonyl (C=O) groups is 3. The molecule has 0 heterocycles. The SMILES string of the molecule is CCONC(CC)=C1C(=O)CC(C(=O)N(C)C)CC1=O. The van der Waals surface area contributed by atoms with Crippen LogP contribution in [0.2, 0.25) is 0 Å². The van der Waals surface area contributed by atoms with Gasteiger partial charge in [-0.3, -0.25) is 24.7 Å². The summed E-state index contributed by atoms with van der Waals surface area (Å²) >= 11 is 0. The van der Waals surface area contributed by atoms with Gasteiger partial charge in [0.1, 0.15) is 0 Å². The van der Waals surface area contributed by atoms with Crippen molar-refractivity contribution in [2.24, 2.45) is 5.92 Å². The first kappa shape index (κ1) is 16.4. The summed E-state index contributed by atoms with van der Waals surface area (Å²) in [5.41, 5.74) is 3.31. The number of ketones is 2. The minimum Gasteiger partial charge on any atom is -0.349 e. The lowest BCUT2D eigenvalue weighted by Crippen LogP contribution is -2.38. The maximum atomic E-state index is 12.2. The number of amides is 1. The number of hydrogen-bond acceptors (Lipinski definition) is 5. The van der Waals surface area contributed by atoms with Crippen molar-refractivity contribution in [3.8, 4) is 0 Å². The molecule has 1 aliphatic rings. The monoisotopic (exact) mass is 282 g/mol. The van der Waals surface area contributed by atoms with Gasteiger partial charge in [-0.15, -0.1) is 0 Å². The Kier molecular flexibility index (Phi) is 5.88. The molecule has 0 unspecified atom stereocenters. The fourth-order valence-electron chi connectivity index (χ4n) is 2.21. The normalized spacial score (nSPS) is 19.0. The standard InChI is InChI=1S/C14H22N2O4/c1-5-10(15-20-6-2)13-11(17)7-9(8-12(13)18)14(19)16(3)4/h9,15H,5-8H2,1-4H3. The molecule has 0 saturated heterocycles. The molecule has 0 spiro atoms. The van der Waals surface area contributed by atoms with E-state index < -0.39 is 5.92 Å². The van der Waals surface area contributed by atoms with Gasteiger partial charge in [0.2, 0.25) is 5.91 Å². The first-order chi connectivity index (χ1) is 9.42. The van der Waals surface area contributed by atoms with E-state index in [2.05, 4.69) is 5.48 Å². The number of nitrogens with zero attached hydrogens (tertiary/aromatic N) is 1. The van der Waals surface area contributed by atoms with Gasteiger partial charge in [0.25, 0.3) is 0 Å². The molecule has 112 valence electrons. The van der Waals surface area contributed by atoms with Crippen LogP contribution in [0.25, 0.3) is 0 Å². The highest BCUT2D eigenvalue weighted by Gasteiger charge is 2.36. The minimum atomic E-state index is -0.543. The molecule has 0 aromatic heterocycles. The zero-order chi connectivity index (χ0) is 15.3. The molecule has 1 saturated carbocycles. The van der Waals surface area contributed by atoms with E-state index in [9.17, 15) is 14.4 Å². The van der Waals surface area contributed by atoms with Crippen molar-refractivity contribution in [1.29, 1.82) is 0 Å². The molecule has 6 nitrogen and oxygen atoms in total. The summed E-state index contributed by atoms with van der Waals surface area (Å²) in [6.07, 6.45) is 0.657. The van der Waals surface area contributed by atoms with Crippen molar-refractivity contribution in [3.05, 3.63) is 11.3 Å². The Morgan fingerprint density at radius 3 is 2.20 bits per heavy atom. The van der Waals surface area contributed by atoms with E-state index in [1.807, 2.05) is 6.92 Å². The van der Waals surface area contributed by atoms with Crippen LogP contribution in [0.5, 0.6) is 0 Å². The number of Topliss-reactive ketones (excluding diaryl/α,β-unsaturated/α-hetero) is 2. The van der Waals surface area contributed by atoms with Gasteiger partial charge in [-0.2, -0.15) is 0 Å². The zero-order valence-electron chi connectivity index (χ0n) is 12.5. The Hall–Kier alpha value is -1.69. The number of carbonyl (C=O) groups excluding carboxylic acids is 3. The molecule has 0 bridgehead atoms. The summed E-state index contributed by atoms with van der Waals surface area (Å²) in [5, 5.41) is 0. The third-order valence-electron chi connectivity index (χ3n) is 3.21. The van der Waals surface area contributed by atoms with Gasteiger partial charge >= 0.3 is 0 Å². The maximum absolute atomic E-state index is 12.2. The number of nitrogens with one attached hydrogen (secondary N) is 1. The van der Waals surface area contributed by atoms with Crippen molar-refractivity contribution >= 4 is 17.5 Å². The highest BCUT2D eigenvalue weighted by Crippen LogP contribution is 2.26. The van der Waals surface area contributed by atoms with E-state index in [0.29, 0.717) is 18.7 Å². The lowest BCUT2D eigenvalue weighted by atomic mass is 9.82. The second-order valence-electron chi connectivity index (χ2n) is 4.93. The molecule has 0 aromatic carbocycles. The molecule has 0 aromatic rings. The van der Waals surface area contributed by atoms with E-state index in [0.717, 1.165) is 0 Å². The lowest BCUT2D eigenvalue weighted by Gasteiger charge is -2.25. The second kappa shape index (κ2) is 7.19. The predicted octanol–water partition coefficient (Wildman–Crippen LogP) is 0.828. The summed E-state index contributed by atoms with van der Waals surface area (Å²) in [7, 11) is 3.24. The lowest BCUT2D eigenvalue weighted by molar-refractivity contribution is -0.139. The summed E-state index contributed by atoms with van der Waals surface area (Å²) in [5.74, 6) is -1.29. The van der Waals surface area contributed by atoms with Crippen LogP contribution in [-0.2, 0) is 19.2 Å². The Morgan fingerprint density at radius 1 is 1.25 bits per heavy atom. The smallest absolute Gasteiger partial charge is 0.226 e. The van der Waals surface area contributed by atoms with Gasteiger partial charge in [-0.25, -0.2) is 0 Å². The van der Waals surface area contributed by atoms with E-state index in [1.54, 1.807) is 21.0 Å². The third kappa shape index (κ3) is 3.66. The van der Waals surface area contributed by atoms with Gasteiger partial charge in [-0.05, 0) is 13.3 Å². The maximum Gasteiger partial charge on any atom is 0.226 e. The number of hydrogen-bond donors (Lipinski definition) is 1. The van der Waals surface area contributed by atoms with E-state index in [-0.39, 0.29) is 35.9 Å². The zero-order valence-corrected chi connectivity index (χ0v) is 12.5. The fraction of sp³-hybridized carbons (Fsp3) is 0.643. The van der Waals surface area contributed by atoms with Crippen LogP contribution in [0.15, 0.2) is 11.3 Å². The molecule has 0 atom stereocenters. The van der Waals surface area contributed by atoms with Crippen LogP contribution in [0.3, 0.4) is 0 Å². The van der Waals surface area contributed by atoms with Crippen molar-refractivity contribution in [2.75, 3.05) is 20.7 Å². The van der Waals surface area contributed by atoms with Crippen molar-refractivity contribution in [3.63, 3.8) is 0 Å². The third-order valence-corrected chi connectivity index (χ3v) is 3.21. The highest BCUT2D eigenvalue weighted by molar-refractivity contribution is 6.23. The summed E-state index contributed by atoms with van der Waals surface area (Å²) in [6.45, 7) is 4.08. The number of rotatable bonds is 5. The Bertz CT molecular complexity index is 420. The first-order valence-corrected chi connectivity index (χ1v) is 6.80. The van der Waals surface area contributed by atoms with Crippen LogP contribution >= 0.6 is 0 Å². The van der Waals surface area contributed by atoms with Crippen molar-refractivity contribution in [1.82, 2.24) is 10.4 Å². The van der Waals surface area contributed by atoms with E-state index >= 15 is 0 Å². The summed E-state index contributed by atoms with van der Waals surface area (Å²) in [4.78, 5) is 42.7. The van der Waals surface area contributed by atoms with Gasteiger partial charge in [0, 0.05) is 26.9 Å². The molecule has 1 aliphatic carbocycles. The van der Waals surface area contributed by atoms with Crippen molar-refractivity contribution in [2.45, 2.75) is 33.1 Å². The molecule has 0 aliphatic heterocycles. The van der Waals surface area contributed by atoms with Crippen LogP contribution in [0.4, 0.5) is 0 Å². The van der Waals surface area contributed by atoms with Crippen LogP contribution in [0, 0.1) is 5.92 Å². The van der Waals surface area contributed by atoms with Gasteiger partial charge in [0.05, 0.1) is 23.8 Å². The molecular weight excluding hydrogens is 260 g/mol. The molecule has 1 N–H and O–H groups in total. The van der Waals surface area contributed by atoms with Crippen molar-refractivity contribution < 1.29 is 19.2 Å². The molecule has 20 heavy (non-hydrogen) atoms. The first-order valence-electron chi connectivity index (χ1n) is 6.80. The Morgan fingerprint density at radius 2 is 1.80 bits per heavy atom. The van der Waals surface area contributed by atoms with E-state index in [1.165, 1.54) is 4.90 Å². The quantitative estimate of drug-likeness (QED) is 0.459. The molecule has 1 fully saturated rings. The highest BCUT2D eigenvalue weighted by atomic mass is 16.6. The largest absolute Gasteiger partial charge is 0.349 e. The molecular formula is C14H22N2O4. The van der Waals surface area contributed by atoms with Crippen LogP contribution in [-0.4, -0.2) is 43.1 Å². The Balaban J connectivity index is 2.94. The van der Waals surface area contributed by atoms with Crippen LogP contribution in [0.1, 0.15) is 33.1 Å². The summed E-state index contributed by atoms with van der Waals surface area (Å²) in [6, 6.07) is 0. The van der Waals surface area contributed by atoms with Gasteiger partial charge in [0.15, 0.2) is 11.6 Å². The molecule has 1 amide bonds. The summed E-state index contributed by atoms with van der Waals surface area (Å²) < 4.78 is 0. The van der Waals surface area contributed by atoms with Crippen LogP contribution < -0.4 is 5.48 Å². The van der Waals surface area contributed by atoms with Gasteiger partial charge in [-0.1, -0.05) is 6.92 Å². The fourth-order valence-corrected chi connectivity index (χ4v) is 2.21. The predicted molar refractivity (Wildman–Crippen MR) is 73.5 cm³/mol. The molecule has 6 heteroatoms. The average molecular weight is 282 g/mol. The van der Waals surface area contributed by atoms with Gasteiger partial charge < -0.3 is 4.90 Å². The topological polar surface area (TPSA) is 75.7 Å². The molecule has 0 radical (unpaired) electrons. The van der Waals surface area contributed by atoms with E-state index in [4.69, 9.17) is 4.84 Å². The average Bonchev–Trinajstić information content (AvgIpc) is 2.40. The molecule has 1 rings (SSSR count).